The standard InChI is InChI=1S/C30H37N5O4S2/c1-6-7-11-34-27(33-15-13-32(3)14-16-33)22(20(2)23(19-31)28(34)36)18-26-29(37)35(30(40)41-26)12-10-21-8-9-24(38-4)25(17-21)39-5/h8-9,17-18H,6-7,10-16H2,1-5H3. The Hall–Kier alpha value is -3.33. The molecule has 0 spiro atoms. The van der Waals surface area contributed by atoms with Crippen molar-refractivity contribution < 1.29 is 14.3 Å². The van der Waals surface area contributed by atoms with Gasteiger partial charge in [-0.3, -0.25) is 19.1 Å². The van der Waals surface area contributed by atoms with E-state index in [1.165, 1.54) is 11.8 Å². The van der Waals surface area contributed by atoms with Gasteiger partial charge in [0.2, 0.25) is 0 Å². The Bertz CT molecular complexity index is 1450. The number of carbonyl (C=O) groups excluding carboxylic acids is 1. The molecule has 41 heavy (non-hydrogen) atoms. The maximum atomic E-state index is 13.6. The van der Waals surface area contributed by atoms with Crippen LogP contribution in [0.4, 0.5) is 5.82 Å². The zero-order chi connectivity index (χ0) is 29.7. The molecular weight excluding hydrogens is 558 g/mol. The van der Waals surface area contributed by atoms with Crippen molar-refractivity contribution in [2.45, 2.75) is 39.7 Å². The number of hydrogen-bond acceptors (Lipinski definition) is 9. The highest BCUT2D eigenvalue weighted by Crippen LogP contribution is 2.36. The number of unbranched alkanes of at least 4 members (excludes halogenated alkanes) is 1. The lowest BCUT2D eigenvalue weighted by Crippen LogP contribution is -2.47. The van der Waals surface area contributed by atoms with Crippen molar-refractivity contribution in [1.82, 2.24) is 14.4 Å². The van der Waals surface area contributed by atoms with Gasteiger partial charge in [-0.1, -0.05) is 43.4 Å². The van der Waals surface area contributed by atoms with Gasteiger partial charge in [0.1, 0.15) is 21.8 Å². The number of likely N-dealkylation sites (N-methyl/N-ethyl adjacent to an activating group) is 1. The topological polar surface area (TPSA) is 91.0 Å². The van der Waals surface area contributed by atoms with E-state index < -0.39 is 0 Å². The fourth-order valence-corrected chi connectivity index (χ4v) is 6.42. The van der Waals surface area contributed by atoms with E-state index in [0.717, 1.165) is 56.0 Å². The fraction of sp³-hybridized carbons (Fsp3) is 0.467. The molecule has 9 nitrogen and oxygen atoms in total. The Morgan fingerprint density at radius 3 is 2.44 bits per heavy atom. The number of carbonyl (C=O) groups is 1. The Balaban J connectivity index is 1.70. The van der Waals surface area contributed by atoms with Crippen LogP contribution in [0, 0.1) is 18.3 Å². The molecule has 0 saturated carbocycles. The van der Waals surface area contributed by atoms with Gasteiger partial charge in [0.05, 0.1) is 19.1 Å². The summed E-state index contributed by atoms with van der Waals surface area (Å²) in [5.41, 5.74) is 2.17. The lowest BCUT2D eigenvalue weighted by Gasteiger charge is -2.36. The number of piperazine rings is 1. The number of nitrogens with zero attached hydrogens (tertiary/aromatic N) is 5. The minimum Gasteiger partial charge on any atom is -0.493 e. The molecule has 0 unspecified atom stereocenters. The molecule has 0 N–H and O–H groups in total. The third-order valence-corrected chi connectivity index (χ3v) is 8.98. The van der Waals surface area contributed by atoms with Crippen LogP contribution in [0.3, 0.4) is 0 Å². The highest BCUT2D eigenvalue weighted by Gasteiger charge is 2.33. The van der Waals surface area contributed by atoms with Crippen LogP contribution in [-0.4, -0.2) is 78.6 Å². The normalized spacial score (nSPS) is 16.9. The predicted molar refractivity (Wildman–Crippen MR) is 168 cm³/mol. The summed E-state index contributed by atoms with van der Waals surface area (Å²) < 4.78 is 13.0. The molecule has 218 valence electrons. The number of thioether (sulfide) groups is 1. The molecule has 3 heterocycles. The number of benzene rings is 1. The van der Waals surface area contributed by atoms with Crippen molar-refractivity contribution in [2.75, 3.05) is 58.9 Å². The SMILES string of the molecule is CCCCn1c(N2CCN(C)CC2)c(C=C2SC(=S)N(CCc3ccc(OC)c(OC)c3)C2=O)c(C)c(C#N)c1=O. The van der Waals surface area contributed by atoms with E-state index in [0.29, 0.717) is 45.8 Å². The quantitative estimate of drug-likeness (QED) is 0.298. The lowest BCUT2D eigenvalue weighted by molar-refractivity contribution is -0.122. The molecule has 0 atom stereocenters. The summed E-state index contributed by atoms with van der Waals surface area (Å²) in [4.78, 5) is 33.7. The van der Waals surface area contributed by atoms with Crippen LogP contribution in [0.15, 0.2) is 27.9 Å². The van der Waals surface area contributed by atoms with Crippen molar-refractivity contribution in [2.24, 2.45) is 0 Å². The Morgan fingerprint density at radius 1 is 1.10 bits per heavy atom. The van der Waals surface area contributed by atoms with Crippen molar-refractivity contribution in [3.05, 3.63) is 55.7 Å². The van der Waals surface area contributed by atoms with E-state index in [1.807, 2.05) is 24.3 Å². The molecule has 2 aliphatic heterocycles. The molecule has 4 rings (SSSR count). The Kier molecular flexibility index (Phi) is 10.1. The molecule has 2 aliphatic rings. The van der Waals surface area contributed by atoms with Gasteiger partial charge < -0.3 is 19.3 Å². The smallest absolute Gasteiger partial charge is 0.270 e. The van der Waals surface area contributed by atoms with E-state index in [-0.39, 0.29) is 17.0 Å². The molecule has 2 aromatic rings. The van der Waals surface area contributed by atoms with Crippen LogP contribution in [0.25, 0.3) is 6.08 Å². The number of aromatic nitrogens is 1. The van der Waals surface area contributed by atoms with E-state index in [4.69, 9.17) is 21.7 Å². The fourth-order valence-electron chi connectivity index (χ4n) is 5.13. The van der Waals surface area contributed by atoms with E-state index in [1.54, 1.807) is 30.6 Å². The summed E-state index contributed by atoms with van der Waals surface area (Å²) in [6, 6.07) is 7.83. The third-order valence-electron chi connectivity index (χ3n) is 7.61. The first kappa shape index (κ1) is 30.6. The van der Waals surface area contributed by atoms with Gasteiger partial charge in [0, 0.05) is 44.8 Å². The summed E-state index contributed by atoms with van der Waals surface area (Å²) in [5.74, 6) is 1.89. The first-order chi connectivity index (χ1) is 19.7. The van der Waals surface area contributed by atoms with Crippen LogP contribution in [-0.2, 0) is 17.8 Å². The molecule has 0 aliphatic carbocycles. The van der Waals surface area contributed by atoms with Crippen molar-refractivity contribution >= 4 is 46.1 Å². The van der Waals surface area contributed by atoms with Gasteiger partial charge in [0.25, 0.3) is 11.5 Å². The zero-order valence-corrected chi connectivity index (χ0v) is 26.0. The van der Waals surface area contributed by atoms with Crippen LogP contribution in [0.1, 0.15) is 42.0 Å². The van der Waals surface area contributed by atoms with Gasteiger partial charge in [-0.2, -0.15) is 5.26 Å². The number of pyridine rings is 1. The monoisotopic (exact) mass is 595 g/mol. The zero-order valence-electron chi connectivity index (χ0n) is 24.4. The maximum Gasteiger partial charge on any atom is 0.270 e. The first-order valence-corrected chi connectivity index (χ1v) is 15.0. The second-order valence-corrected chi connectivity index (χ2v) is 11.9. The van der Waals surface area contributed by atoms with Gasteiger partial charge in [0.15, 0.2) is 11.5 Å². The van der Waals surface area contributed by atoms with E-state index in [9.17, 15) is 14.9 Å². The number of nitriles is 1. The average molecular weight is 596 g/mol. The molecule has 0 radical (unpaired) electrons. The number of methoxy groups -OCH3 is 2. The van der Waals surface area contributed by atoms with Crippen molar-refractivity contribution in [1.29, 1.82) is 5.26 Å². The second kappa shape index (κ2) is 13.6. The molecule has 0 bridgehead atoms. The third kappa shape index (κ3) is 6.45. The van der Waals surface area contributed by atoms with Gasteiger partial charge in [-0.05, 0) is 56.1 Å². The average Bonchev–Trinajstić information content (AvgIpc) is 3.24. The number of rotatable bonds is 10. The highest BCUT2D eigenvalue weighted by molar-refractivity contribution is 8.26. The number of hydrogen-bond donors (Lipinski definition) is 0. The first-order valence-electron chi connectivity index (χ1n) is 13.8. The predicted octanol–water partition coefficient (Wildman–Crippen LogP) is 4.04. The van der Waals surface area contributed by atoms with Crippen LogP contribution in [0.2, 0.25) is 0 Å². The lowest BCUT2D eigenvalue weighted by atomic mass is 10.0. The van der Waals surface area contributed by atoms with E-state index >= 15 is 0 Å². The van der Waals surface area contributed by atoms with Gasteiger partial charge >= 0.3 is 0 Å². The largest absolute Gasteiger partial charge is 0.493 e. The molecular formula is C30H37N5O4S2. The van der Waals surface area contributed by atoms with Crippen LogP contribution < -0.4 is 19.9 Å². The minimum atomic E-state index is -0.271. The molecule has 2 saturated heterocycles. The van der Waals surface area contributed by atoms with Crippen LogP contribution in [0.5, 0.6) is 11.5 Å². The number of thiocarbonyl (C=S) groups is 1. The summed E-state index contributed by atoms with van der Waals surface area (Å²) >= 11 is 6.89. The number of amides is 1. The van der Waals surface area contributed by atoms with Crippen LogP contribution >= 0.6 is 24.0 Å². The van der Waals surface area contributed by atoms with Crippen molar-refractivity contribution in [3.63, 3.8) is 0 Å². The second-order valence-electron chi connectivity index (χ2n) is 10.2. The summed E-state index contributed by atoms with van der Waals surface area (Å²) in [6.45, 7) is 8.03. The van der Waals surface area contributed by atoms with E-state index in [2.05, 4.69) is 29.8 Å². The summed E-state index contributed by atoms with van der Waals surface area (Å²) in [7, 11) is 5.27. The molecule has 2 fully saturated rings. The Labute approximate surface area is 251 Å². The van der Waals surface area contributed by atoms with Crippen molar-refractivity contribution in [3.8, 4) is 17.6 Å². The number of ether oxygens (including phenoxy) is 2. The molecule has 1 aromatic heterocycles. The molecule has 11 heteroatoms. The van der Waals surface area contributed by atoms with Gasteiger partial charge in [-0.25, -0.2) is 0 Å². The maximum absolute atomic E-state index is 13.6. The highest BCUT2D eigenvalue weighted by atomic mass is 32.2. The minimum absolute atomic E-state index is 0.120. The Morgan fingerprint density at radius 2 is 1.80 bits per heavy atom. The molecule has 1 aromatic carbocycles. The number of anilines is 1. The van der Waals surface area contributed by atoms with Gasteiger partial charge in [-0.15, -0.1) is 0 Å². The summed E-state index contributed by atoms with van der Waals surface area (Å²) in [5, 5.41) is 9.93. The molecule has 1 amide bonds. The summed E-state index contributed by atoms with van der Waals surface area (Å²) in [6.07, 6.45) is 4.15.